The van der Waals surface area contributed by atoms with Gasteiger partial charge in [-0.3, -0.25) is 14.7 Å². The van der Waals surface area contributed by atoms with Gasteiger partial charge in [0, 0.05) is 31.7 Å². The summed E-state index contributed by atoms with van der Waals surface area (Å²) in [6.45, 7) is -0.313. The number of carbonyl (C=O) groups excluding carboxylic acids is 2. The maximum Gasteiger partial charge on any atom is 0.422 e. The number of halogens is 6. The van der Waals surface area contributed by atoms with E-state index < -0.39 is 42.0 Å². The number of nitrogens with one attached hydrogen (secondary N) is 1. The minimum Gasteiger partial charge on any atom is -0.468 e. The Kier molecular flexibility index (Phi) is 5.73. The number of H-pyrrole nitrogens is 1. The predicted octanol–water partition coefficient (Wildman–Crippen LogP) is 3.40. The lowest BCUT2D eigenvalue weighted by Gasteiger charge is -2.42. The number of pyridine rings is 1. The summed E-state index contributed by atoms with van der Waals surface area (Å²) in [5.74, 6) is -1.56. The van der Waals surface area contributed by atoms with Crippen LogP contribution in [0.3, 0.4) is 0 Å². The molecule has 4 heterocycles. The van der Waals surface area contributed by atoms with Crippen LogP contribution >= 0.6 is 0 Å². The van der Waals surface area contributed by atoms with Crippen LogP contribution in [0.4, 0.5) is 26.3 Å². The van der Waals surface area contributed by atoms with Crippen molar-refractivity contribution in [3.63, 3.8) is 0 Å². The standard InChI is InChI=1S/C24H20F6N6O3/c25-23(26,27)10-39-20-16(24(28,29)30)2-4-18(31-20)22(38)36-8-14-12-6-35(7-13(12)15(14)9-36)21(37)11-1-3-17-19(5-11)33-34-32-17/h1-5,12-15H,6-10H2,(H,32,33,34)/t12-,13+,14+,15-. The third kappa shape index (κ3) is 4.52. The topological polar surface area (TPSA) is 104 Å². The van der Waals surface area contributed by atoms with Gasteiger partial charge in [-0.1, -0.05) is 5.21 Å². The van der Waals surface area contributed by atoms with Crippen LogP contribution in [0.2, 0.25) is 0 Å². The fourth-order valence-electron chi connectivity index (χ4n) is 6.06. The number of hydrogen-bond acceptors (Lipinski definition) is 6. The largest absolute Gasteiger partial charge is 0.468 e. The highest BCUT2D eigenvalue weighted by Gasteiger charge is 2.59. The minimum absolute atomic E-state index is 0.102. The molecule has 0 bridgehead atoms. The predicted molar refractivity (Wildman–Crippen MR) is 120 cm³/mol. The van der Waals surface area contributed by atoms with E-state index >= 15 is 0 Å². The first kappa shape index (κ1) is 25.4. The second-order valence-corrected chi connectivity index (χ2v) is 10.1. The Bertz CT molecular complexity index is 1440. The smallest absolute Gasteiger partial charge is 0.422 e. The van der Waals surface area contributed by atoms with Crippen molar-refractivity contribution in [1.82, 2.24) is 30.2 Å². The molecule has 206 valence electrons. The van der Waals surface area contributed by atoms with Crippen LogP contribution < -0.4 is 4.74 Å². The summed E-state index contributed by atoms with van der Waals surface area (Å²) in [6, 6.07) is 6.46. The molecule has 3 aromatic rings. The van der Waals surface area contributed by atoms with E-state index in [1.165, 1.54) is 4.90 Å². The molecule has 9 nitrogen and oxygen atoms in total. The summed E-state index contributed by atoms with van der Waals surface area (Å²) in [5, 5.41) is 10.4. The molecule has 39 heavy (non-hydrogen) atoms. The second-order valence-electron chi connectivity index (χ2n) is 10.1. The van der Waals surface area contributed by atoms with Gasteiger partial charge in [-0.25, -0.2) is 4.98 Å². The number of fused-ring (bicyclic) bond motifs is 5. The second kappa shape index (κ2) is 8.81. The van der Waals surface area contributed by atoms with Gasteiger partial charge in [0.1, 0.15) is 16.8 Å². The van der Waals surface area contributed by atoms with Crippen LogP contribution in [0.5, 0.6) is 5.88 Å². The van der Waals surface area contributed by atoms with Crippen LogP contribution in [0, 0.1) is 23.7 Å². The summed E-state index contributed by atoms with van der Waals surface area (Å²) in [6.07, 6.45) is -9.89. The van der Waals surface area contributed by atoms with Gasteiger partial charge < -0.3 is 14.5 Å². The Morgan fingerprint density at radius 2 is 1.51 bits per heavy atom. The lowest BCUT2D eigenvalue weighted by Crippen LogP contribution is -2.44. The molecule has 1 aliphatic carbocycles. The van der Waals surface area contributed by atoms with Crippen LogP contribution in [-0.2, 0) is 6.18 Å². The zero-order chi connectivity index (χ0) is 27.7. The van der Waals surface area contributed by atoms with Gasteiger partial charge in [-0.2, -0.15) is 26.3 Å². The maximum absolute atomic E-state index is 13.3. The van der Waals surface area contributed by atoms with Gasteiger partial charge in [0.2, 0.25) is 5.88 Å². The maximum atomic E-state index is 13.3. The van der Waals surface area contributed by atoms with E-state index in [2.05, 4.69) is 25.1 Å². The van der Waals surface area contributed by atoms with Crippen molar-refractivity contribution in [2.75, 3.05) is 32.8 Å². The number of benzene rings is 1. The van der Waals surface area contributed by atoms with Crippen LogP contribution in [-0.4, -0.2) is 81.0 Å². The van der Waals surface area contributed by atoms with Gasteiger partial charge in [0.25, 0.3) is 11.8 Å². The molecule has 0 unspecified atom stereocenters. The Balaban J connectivity index is 1.12. The molecule has 0 spiro atoms. The highest BCUT2D eigenvalue weighted by Crippen LogP contribution is 2.54. The number of likely N-dealkylation sites (tertiary alicyclic amines) is 2. The summed E-state index contributed by atoms with van der Waals surface area (Å²) in [7, 11) is 0. The Labute approximate surface area is 216 Å². The third-order valence-corrected chi connectivity index (χ3v) is 7.83. The molecule has 3 fully saturated rings. The van der Waals surface area contributed by atoms with Crippen LogP contribution in [0.25, 0.3) is 11.0 Å². The SMILES string of the molecule is O=C(c1ccc2[nH]nnc2c1)N1C[C@@H]2[C@H](C1)[C@H]1CN(C(=O)c3ccc(C(F)(F)F)c(OCC(F)(F)F)n3)C[C@@H]21. The van der Waals surface area contributed by atoms with Crippen LogP contribution in [0.15, 0.2) is 30.3 Å². The lowest BCUT2D eigenvalue weighted by atomic mass is 9.60. The Morgan fingerprint density at radius 3 is 2.10 bits per heavy atom. The zero-order valence-corrected chi connectivity index (χ0v) is 20.0. The van der Waals surface area contributed by atoms with Crippen LogP contribution in [0.1, 0.15) is 26.4 Å². The molecule has 2 saturated heterocycles. The summed E-state index contributed by atoms with van der Waals surface area (Å²) in [5.41, 5.74) is -0.123. The van der Waals surface area contributed by atoms with Crippen molar-refractivity contribution in [2.45, 2.75) is 12.4 Å². The summed E-state index contributed by atoms with van der Waals surface area (Å²) in [4.78, 5) is 32.9. The fraction of sp³-hybridized carbons (Fsp3) is 0.458. The van der Waals surface area contributed by atoms with E-state index in [1.54, 1.807) is 23.1 Å². The summed E-state index contributed by atoms with van der Waals surface area (Å²) >= 11 is 0. The van der Waals surface area contributed by atoms with Crippen molar-refractivity contribution >= 4 is 22.8 Å². The first-order valence-corrected chi connectivity index (χ1v) is 12.1. The molecular weight excluding hydrogens is 534 g/mol. The number of rotatable bonds is 4. The number of carbonyl (C=O) groups is 2. The van der Waals surface area contributed by atoms with Gasteiger partial charge in [0.05, 0.1) is 5.52 Å². The monoisotopic (exact) mass is 554 g/mol. The van der Waals surface area contributed by atoms with Gasteiger partial charge in [-0.15, -0.1) is 5.10 Å². The zero-order valence-electron chi connectivity index (χ0n) is 20.0. The molecule has 0 radical (unpaired) electrons. The normalized spacial score (nSPS) is 24.5. The van der Waals surface area contributed by atoms with Crippen molar-refractivity contribution in [2.24, 2.45) is 23.7 Å². The molecule has 4 atom stereocenters. The molecule has 3 aliphatic rings. The molecule has 2 aromatic heterocycles. The number of aromatic nitrogens is 4. The number of ether oxygens (including phenoxy) is 1. The number of amides is 2. The number of hydrogen-bond donors (Lipinski definition) is 1. The number of aromatic amines is 1. The molecule has 2 amide bonds. The Hall–Kier alpha value is -3.91. The highest BCUT2D eigenvalue weighted by molar-refractivity contribution is 5.97. The average Bonchev–Trinajstić information content (AvgIpc) is 3.59. The Morgan fingerprint density at radius 1 is 0.897 bits per heavy atom. The number of alkyl halides is 6. The quantitative estimate of drug-likeness (QED) is 0.496. The molecule has 15 heteroatoms. The van der Waals surface area contributed by atoms with Gasteiger partial charge in [0.15, 0.2) is 6.61 Å². The lowest BCUT2D eigenvalue weighted by molar-refractivity contribution is -0.159. The highest BCUT2D eigenvalue weighted by atomic mass is 19.4. The van der Waals surface area contributed by atoms with E-state index in [4.69, 9.17) is 0 Å². The van der Waals surface area contributed by atoms with E-state index in [0.717, 1.165) is 6.07 Å². The molecule has 6 rings (SSSR count). The first-order chi connectivity index (χ1) is 18.4. The summed E-state index contributed by atoms with van der Waals surface area (Å²) < 4.78 is 81.8. The average molecular weight is 554 g/mol. The first-order valence-electron chi connectivity index (χ1n) is 12.1. The minimum atomic E-state index is -5.01. The van der Waals surface area contributed by atoms with Gasteiger partial charge >= 0.3 is 12.4 Å². The van der Waals surface area contributed by atoms with Crippen molar-refractivity contribution < 1.29 is 40.7 Å². The molecule has 2 aliphatic heterocycles. The van der Waals surface area contributed by atoms with Crippen molar-refractivity contribution in [1.29, 1.82) is 0 Å². The van der Waals surface area contributed by atoms with Crippen molar-refractivity contribution in [3.8, 4) is 5.88 Å². The molecule has 1 saturated carbocycles. The molecule has 1 N–H and O–H groups in total. The van der Waals surface area contributed by atoms with Gasteiger partial charge in [-0.05, 0) is 54.0 Å². The van der Waals surface area contributed by atoms with E-state index in [1.807, 2.05) is 0 Å². The molecule has 1 aromatic carbocycles. The fourth-order valence-corrected chi connectivity index (χ4v) is 6.06. The number of nitrogens with zero attached hydrogens (tertiary/aromatic N) is 5. The third-order valence-electron chi connectivity index (χ3n) is 7.83. The molecular formula is C24H20F6N6O3. The van der Waals surface area contributed by atoms with E-state index in [-0.39, 0.29) is 29.6 Å². The van der Waals surface area contributed by atoms with E-state index in [9.17, 15) is 35.9 Å². The van der Waals surface area contributed by atoms with E-state index in [0.29, 0.717) is 48.8 Å². The van der Waals surface area contributed by atoms with Crippen molar-refractivity contribution in [3.05, 3.63) is 47.2 Å².